The van der Waals surface area contributed by atoms with Crippen molar-refractivity contribution in [2.75, 3.05) is 0 Å². The predicted octanol–water partition coefficient (Wildman–Crippen LogP) is 5.02. The Bertz CT molecular complexity index is 465. The summed E-state index contributed by atoms with van der Waals surface area (Å²) < 4.78 is 5.20. The fraction of sp³-hybridized carbons (Fsp3) is 0.706. The molecule has 0 atom stereocenters. The van der Waals surface area contributed by atoms with E-state index in [1.54, 1.807) is 26.8 Å². The highest BCUT2D eigenvalue weighted by Crippen LogP contribution is 2.16. The summed E-state index contributed by atoms with van der Waals surface area (Å²) in [4.78, 5) is 28.3. The van der Waals surface area contributed by atoms with Crippen molar-refractivity contribution in [1.29, 1.82) is 0 Å². The Morgan fingerprint density at radius 3 is 2.09 bits per heavy atom. The Labute approximate surface area is 136 Å². The minimum absolute atomic E-state index is 0.0640. The van der Waals surface area contributed by atoms with E-state index in [0.717, 1.165) is 6.04 Å². The molecule has 0 aromatic rings. The van der Waals surface area contributed by atoms with E-state index >= 15 is 0 Å². The third-order valence-corrected chi connectivity index (χ3v) is 4.71. The van der Waals surface area contributed by atoms with Crippen LogP contribution in [0.15, 0.2) is 16.6 Å². The van der Waals surface area contributed by atoms with Gasteiger partial charge in [0.15, 0.2) is 5.78 Å². The van der Waals surface area contributed by atoms with Crippen LogP contribution in [-0.2, 0) is 9.53 Å². The van der Waals surface area contributed by atoms with Crippen LogP contribution in [-0.4, -0.2) is 31.3 Å². The van der Waals surface area contributed by atoms with Gasteiger partial charge in [-0.3, -0.25) is 4.79 Å². The zero-order chi connectivity index (χ0) is 17.6. The number of carbonyl (C=O) groups excluding carboxylic acids is 2. The van der Waals surface area contributed by atoms with Gasteiger partial charge in [-0.25, -0.2) is 4.79 Å². The monoisotopic (exact) mass is 325 g/mol. The van der Waals surface area contributed by atoms with Crippen molar-refractivity contribution in [3.63, 3.8) is 0 Å². The molecule has 0 N–H and O–H groups in total. The van der Waals surface area contributed by atoms with Crippen molar-refractivity contribution < 1.29 is 14.3 Å². The maximum Gasteiger partial charge on any atom is 0.434 e. The van der Waals surface area contributed by atoms with E-state index < -0.39 is 19.8 Å². The van der Waals surface area contributed by atoms with Gasteiger partial charge in [-0.05, 0) is 34.1 Å². The first-order chi connectivity index (χ1) is 9.89. The second-order valence-electron chi connectivity index (χ2n) is 7.58. The maximum absolute atomic E-state index is 12.4. The van der Waals surface area contributed by atoms with Crippen LogP contribution in [0.5, 0.6) is 0 Å². The zero-order valence-corrected chi connectivity index (χ0v) is 16.4. The minimum Gasteiger partial charge on any atom is -0.442 e. The van der Waals surface area contributed by atoms with Crippen molar-refractivity contribution >= 4 is 25.7 Å². The molecule has 0 aromatic carbocycles. The summed E-state index contributed by atoms with van der Waals surface area (Å²) in [5.74, 6) is 0.0640. The molecule has 0 radical (unpaired) electrons. The molecule has 0 aliphatic carbocycles. The van der Waals surface area contributed by atoms with Crippen LogP contribution in [0.3, 0.4) is 0 Å². The molecule has 0 bridgehead atoms. The van der Waals surface area contributed by atoms with Crippen LogP contribution in [0.2, 0.25) is 25.7 Å². The number of ketones is 1. The van der Waals surface area contributed by atoms with Crippen molar-refractivity contribution in [2.45, 2.75) is 78.7 Å². The first-order valence-electron chi connectivity index (χ1n) is 7.90. The van der Waals surface area contributed by atoms with E-state index in [4.69, 9.17) is 4.74 Å². The van der Waals surface area contributed by atoms with Crippen LogP contribution < -0.4 is 0 Å². The Kier molecular flexibility index (Phi) is 7.94. The SMILES string of the molecule is C/C=C(/C(=O)CC[Si](C)(C)C)C(CC)=NC(=O)OC(C)(C)C. The van der Waals surface area contributed by atoms with Crippen LogP contribution >= 0.6 is 0 Å². The summed E-state index contributed by atoms with van der Waals surface area (Å²) in [6, 6.07) is 0.937. The lowest BCUT2D eigenvalue weighted by atomic mass is 10.0. The molecule has 0 saturated heterocycles. The number of amides is 1. The lowest BCUT2D eigenvalue weighted by molar-refractivity contribution is -0.114. The summed E-state index contributed by atoms with van der Waals surface area (Å²) in [5, 5.41) is 0. The second kappa shape index (κ2) is 8.41. The Morgan fingerprint density at radius 2 is 1.73 bits per heavy atom. The molecule has 5 heteroatoms. The highest BCUT2D eigenvalue weighted by Gasteiger charge is 2.21. The molecule has 126 valence electrons. The predicted molar refractivity (Wildman–Crippen MR) is 95.5 cm³/mol. The van der Waals surface area contributed by atoms with Crippen LogP contribution in [0, 0.1) is 0 Å². The molecule has 0 fully saturated rings. The van der Waals surface area contributed by atoms with Gasteiger partial charge in [-0.2, -0.15) is 4.99 Å². The maximum atomic E-state index is 12.4. The number of nitrogens with zero attached hydrogens (tertiary/aromatic N) is 1. The van der Waals surface area contributed by atoms with Gasteiger partial charge in [-0.1, -0.05) is 38.7 Å². The Balaban J connectivity index is 5.10. The number of rotatable bonds is 6. The molecular formula is C17H31NO3Si. The highest BCUT2D eigenvalue weighted by molar-refractivity contribution is 6.76. The van der Waals surface area contributed by atoms with Crippen molar-refractivity contribution in [3.8, 4) is 0 Å². The quantitative estimate of drug-likeness (QED) is 0.391. The van der Waals surface area contributed by atoms with Crippen LogP contribution in [0.1, 0.15) is 47.5 Å². The van der Waals surface area contributed by atoms with Gasteiger partial charge < -0.3 is 4.74 Å². The number of hydrogen-bond acceptors (Lipinski definition) is 3. The molecular weight excluding hydrogens is 294 g/mol. The third kappa shape index (κ3) is 8.92. The number of aliphatic imine (C=N–C) groups is 1. The Hall–Kier alpha value is -1.23. The summed E-state index contributed by atoms with van der Waals surface area (Å²) in [7, 11) is -1.27. The normalized spacial score (nSPS) is 14.0. The summed E-state index contributed by atoms with van der Waals surface area (Å²) in [5.41, 5.74) is 0.473. The van der Waals surface area contributed by atoms with Crippen LogP contribution in [0.25, 0.3) is 0 Å². The highest BCUT2D eigenvalue weighted by atomic mass is 28.3. The molecule has 0 heterocycles. The number of hydrogen-bond donors (Lipinski definition) is 0. The van der Waals surface area contributed by atoms with Crippen LogP contribution in [0.4, 0.5) is 4.79 Å². The van der Waals surface area contributed by atoms with Gasteiger partial charge in [0.1, 0.15) is 5.60 Å². The summed E-state index contributed by atoms with van der Waals surface area (Å²) in [6.07, 6.45) is 2.15. The molecule has 0 unspecified atom stereocenters. The fourth-order valence-corrected chi connectivity index (χ4v) is 2.81. The van der Waals surface area contributed by atoms with Gasteiger partial charge in [0, 0.05) is 20.1 Å². The molecule has 0 aliphatic heterocycles. The van der Waals surface area contributed by atoms with E-state index in [-0.39, 0.29) is 5.78 Å². The average Bonchev–Trinajstić information content (AvgIpc) is 2.32. The van der Waals surface area contributed by atoms with Gasteiger partial charge in [-0.15, -0.1) is 0 Å². The average molecular weight is 326 g/mol. The molecule has 0 rings (SSSR count). The van der Waals surface area contributed by atoms with Gasteiger partial charge in [0.05, 0.1) is 5.71 Å². The number of Topliss-reactive ketones (excluding diaryl/α,β-unsaturated/α-hetero) is 1. The van der Waals surface area contributed by atoms with Gasteiger partial charge >= 0.3 is 6.09 Å². The smallest absolute Gasteiger partial charge is 0.434 e. The molecule has 0 aliphatic rings. The molecule has 0 saturated carbocycles. The lowest BCUT2D eigenvalue weighted by Gasteiger charge is -2.18. The van der Waals surface area contributed by atoms with E-state index in [1.165, 1.54) is 0 Å². The van der Waals surface area contributed by atoms with Crippen molar-refractivity contribution in [1.82, 2.24) is 0 Å². The standard InChI is InChI=1S/C17H31NO3Si/c1-9-13(15(19)11-12-22(6,7)8)14(10-2)18-16(20)21-17(3,4)5/h9H,10-12H2,1-8H3/b13-9+,18-14?. The molecule has 0 spiro atoms. The van der Waals surface area contributed by atoms with E-state index in [1.807, 2.05) is 13.8 Å². The largest absolute Gasteiger partial charge is 0.442 e. The first kappa shape index (κ1) is 20.8. The topological polar surface area (TPSA) is 55.7 Å². The molecule has 1 amide bonds. The number of allylic oxidation sites excluding steroid dienone is 2. The fourth-order valence-electron chi connectivity index (χ4n) is 1.84. The second-order valence-corrected chi connectivity index (χ2v) is 13.2. The first-order valence-corrected chi connectivity index (χ1v) is 11.6. The van der Waals surface area contributed by atoms with Gasteiger partial charge in [0.25, 0.3) is 0 Å². The van der Waals surface area contributed by atoms with E-state index in [9.17, 15) is 9.59 Å². The van der Waals surface area contributed by atoms with Gasteiger partial charge in [0.2, 0.25) is 0 Å². The molecule has 4 nitrogen and oxygen atoms in total. The minimum atomic E-state index is -1.27. The van der Waals surface area contributed by atoms with Crippen molar-refractivity contribution in [2.24, 2.45) is 4.99 Å². The molecule has 22 heavy (non-hydrogen) atoms. The van der Waals surface area contributed by atoms with E-state index in [2.05, 4.69) is 24.6 Å². The third-order valence-electron chi connectivity index (χ3n) is 2.96. The van der Waals surface area contributed by atoms with E-state index in [0.29, 0.717) is 24.1 Å². The zero-order valence-electron chi connectivity index (χ0n) is 15.4. The Morgan fingerprint density at radius 1 is 1.18 bits per heavy atom. The lowest BCUT2D eigenvalue weighted by Crippen LogP contribution is -2.24. The summed E-state index contributed by atoms with van der Waals surface area (Å²) in [6.45, 7) is 15.8. The number of ether oxygens (including phenoxy) is 1. The van der Waals surface area contributed by atoms with Crippen molar-refractivity contribution in [3.05, 3.63) is 11.6 Å². The summed E-state index contributed by atoms with van der Waals surface area (Å²) >= 11 is 0. The molecule has 0 aromatic heterocycles. The number of carbonyl (C=O) groups is 2.